The molecule has 1 aliphatic heterocycles. The van der Waals surface area contributed by atoms with E-state index in [-0.39, 0.29) is 0 Å². The highest BCUT2D eigenvalue weighted by molar-refractivity contribution is 9.09. The normalized spacial score (nSPS) is 30.7. The highest BCUT2D eigenvalue weighted by atomic mass is 79.9. The quantitative estimate of drug-likeness (QED) is 0.657. The van der Waals surface area contributed by atoms with Crippen LogP contribution in [-0.4, -0.2) is 17.9 Å². The third-order valence-electron chi connectivity index (χ3n) is 2.03. The van der Waals surface area contributed by atoms with Gasteiger partial charge in [-0.2, -0.15) is 0 Å². The van der Waals surface area contributed by atoms with Gasteiger partial charge in [0.15, 0.2) is 0 Å². The lowest BCUT2D eigenvalue weighted by atomic mass is 10.0. The molecule has 54 valence electrons. The number of nitrogens with one attached hydrogen (secondary N) is 1. The molecule has 1 fully saturated rings. The molecule has 0 aromatic carbocycles. The first-order chi connectivity index (χ1) is 4.34. The first kappa shape index (κ1) is 7.55. The van der Waals surface area contributed by atoms with Crippen LogP contribution in [0.1, 0.15) is 19.8 Å². The van der Waals surface area contributed by atoms with E-state index in [4.69, 9.17) is 0 Å². The van der Waals surface area contributed by atoms with Crippen LogP contribution in [0.2, 0.25) is 0 Å². The van der Waals surface area contributed by atoms with Gasteiger partial charge in [0.2, 0.25) is 0 Å². The van der Waals surface area contributed by atoms with Crippen LogP contribution in [-0.2, 0) is 0 Å². The molecule has 9 heavy (non-hydrogen) atoms. The maximum Gasteiger partial charge on any atom is 0.0101 e. The summed E-state index contributed by atoms with van der Waals surface area (Å²) in [5, 5.41) is 4.61. The molecule has 1 heterocycles. The minimum Gasteiger partial charge on any atom is -0.314 e. The van der Waals surface area contributed by atoms with Crippen LogP contribution in [0.5, 0.6) is 0 Å². The fraction of sp³-hybridized carbons (Fsp3) is 1.00. The van der Waals surface area contributed by atoms with Crippen LogP contribution < -0.4 is 5.32 Å². The summed E-state index contributed by atoms with van der Waals surface area (Å²) in [4.78, 5) is 0. The van der Waals surface area contributed by atoms with E-state index in [1.54, 1.807) is 0 Å². The Labute approximate surface area is 65.3 Å². The highest BCUT2D eigenvalue weighted by Gasteiger charge is 2.19. The molecule has 0 spiro atoms. The fourth-order valence-corrected chi connectivity index (χ4v) is 1.76. The van der Waals surface area contributed by atoms with Gasteiger partial charge in [0.25, 0.3) is 0 Å². The number of hydrogen-bond acceptors (Lipinski definition) is 1. The molecule has 1 saturated heterocycles. The van der Waals surface area contributed by atoms with Crippen LogP contribution >= 0.6 is 15.9 Å². The molecule has 2 heteroatoms. The second kappa shape index (κ2) is 3.57. The molecule has 0 saturated carbocycles. The predicted octanol–water partition coefficient (Wildman–Crippen LogP) is 1.77. The van der Waals surface area contributed by atoms with Crippen molar-refractivity contribution >= 4 is 15.9 Å². The van der Waals surface area contributed by atoms with Gasteiger partial charge >= 0.3 is 0 Å². The minimum atomic E-state index is 0.782. The van der Waals surface area contributed by atoms with Crippen LogP contribution in [0.4, 0.5) is 0 Å². The maximum absolute atomic E-state index is 3.48. The monoisotopic (exact) mass is 191 g/mol. The standard InChI is InChI=1S/C7H14BrN/c1-6(5-8)7-3-2-4-9-7/h6-7,9H,2-5H2,1H3. The topological polar surface area (TPSA) is 12.0 Å². The fourth-order valence-electron chi connectivity index (χ4n) is 1.30. The van der Waals surface area contributed by atoms with E-state index in [1.807, 2.05) is 0 Å². The number of alkyl halides is 1. The summed E-state index contributed by atoms with van der Waals surface area (Å²) < 4.78 is 0. The van der Waals surface area contributed by atoms with E-state index in [0.717, 1.165) is 17.3 Å². The van der Waals surface area contributed by atoms with E-state index in [2.05, 4.69) is 28.2 Å². The van der Waals surface area contributed by atoms with E-state index < -0.39 is 0 Å². The van der Waals surface area contributed by atoms with Gasteiger partial charge in [-0.05, 0) is 25.3 Å². The lowest BCUT2D eigenvalue weighted by molar-refractivity contribution is 0.461. The molecule has 2 atom stereocenters. The van der Waals surface area contributed by atoms with Crippen molar-refractivity contribution in [3.63, 3.8) is 0 Å². The predicted molar refractivity (Wildman–Crippen MR) is 44.0 cm³/mol. The molecular weight excluding hydrogens is 178 g/mol. The summed E-state index contributed by atoms with van der Waals surface area (Å²) in [6.07, 6.45) is 2.73. The summed E-state index contributed by atoms with van der Waals surface area (Å²) in [7, 11) is 0. The van der Waals surface area contributed by atoms with Gasteiger partial charge in [-0.25, -0.2) is 0 Å². The molecular formula is C7H14BrN. The third-order valence-corrected chi connectivity index (χ3v) is 3.05. The van der Waals surface area contributed by atoms with Crippen molar-refractivity contribution < 1.29 is 0 Å². The molecule has 0 aromatic rings. The lowest BCUT2D eigenvalue weighted by Gasteiger charge is -2.15. The SMILES string of the molecule is CC(CBr)C1CCCN1. The maximum atomic E-state index is 3.48. The molecule has 1 N–H and O–H groups in total. The van der Waals surface area contributed by atoms with E-state index in [1.165, 1.54) is 19.4 Å². The molecule has 2 unspecified atom stereocenters. The first-order valence-electron chi connectivity index (χ1n) is 3.64. The van der Waals surface area contributed by atoms with Crippen molar-refractivity contribution in [2.75, 3.05) is 11.9 Å². The van der Waals surface area contributed by atoms with Gasteiger partial charge in [-0.15, -0.1) is 0 Å². The van der Waals surface area contributed by atoms with E-state index >= 15 is 0 Å². The Hall–Kier alpha value is 0.440. The molecule has 1 rings (SSSR count). The Kier molecular flexibility index (Phi) is 2.99. The summed E-state index contributed by atoms with van der Waals surface area (Å²) in [6.45, 7) is 3.51. The summed E-state index contributed by atoms with van der Waals surface area (Å²) in [5.74, 6) is 0.799. The highest BCUT2D eigenvalue weighted by Crippen LogP contribution is 2.15. The summed E-state index contributed by atoms with van der Waals surface area (Å²) in [6, 6.07) is 0.782. The molecule has 0 amide bonds. The zero-order chi connectivity index (χ0) is 6.69. The van der Waals surface area contributed by atoms with Gasteiger partial charge in [0.05, 0.1) is 0 Å². The van der Waals surface area contributed by atoms with Crippen LogP contribution in [0.15, 0.2) is 0 Å². The smallest absolute Gasteiger partial charge is 0.0101 e. The van der Waals surface area contributed by atoms with Gasteiger partial charge in [-0.1, -0.05) is 22.9 Å². The van der Waals surface area contributed by atoms with Crippen molar-refractivity contribution in [1.29, 1.82) is 0 Å². The van der Waals surface area contributed by atoms with E-state index in [9.17, 15) is 0 Å². The molecule has 1 nitrogen and oxygen atoms in total. The Balaban J connectivity index is 2.24. The summed E-state index contributed by atoms with van der Waals surface area (Å²) in [5.41, 5.74) is 0. The Morgan fingerprint density at radius 2 is 2.56 bits per heavy atom. The second-order valence-corrected chi connectivity index (χ2v) is 3.48. The van der Waals surface area contributed by atoms with Gasteiger partial charge in [0.1, 0.15) is 0 Å². The number of rotatable bonds is 2. The first-order valence-corrected chi connectivity index (χ1v) is 4.76. The average Bonchev–Trinajstić information content (AvgIpc) is 2.37. The van der Waals surface area contributed by atoms with E-state index in [0.29, 0.717) is 0 Å². The molecule has 0 aromatic heterocycles. The summed E-state index contributed by atoms with van der Waals surface area (Å²) >= 11 is 3.48. The van der Waals surface area contributed by atoms with Gasteiger partial charge in [0, 0.05) is 11.4 Å². The minimum absolute atomic E-state index is 0.782. The zero-order valence-corrected chi connectivity index (χ0v) is 7.45. The average molecular weight is 192 g/mol. The Morgan fingerprint density at radius 1 is 1.78 bits per heavy atom. The zero-order valence-electron chi connectivity index (χ0n) is 5.86. The second-order valence-electron chi connectivity index (χ2n) is 2.83. The van der Waals surface area contributed by atoms with Crippen molar-refractivity contribution in [3.05, 3.63) is 0 Å². The van der Waals surface area contributed by atoms with Gasteiger partial charge < -0.3 is 5.32 Å². The van der Waals surface area contributed by atoms with Gasteiger partial charge in [-0.3, -0.25) is 0 Å². The van der Waals surface area contributed by atoms with Crippen molar-refractivity contribution in [2.24, 2.45) is 5.92 Å². The van der Waals surface area contributed by atoms with Crippen LogP contribution in [0.3, 0.4) is 0 Å². The third kappa shape index (κ3) is 1.94. The Morgan fingerprint density at radius 3 is 3.00 bits per heavy atom. The molecule has 1 aliphatic rings. The van der Waals surface area contributed by atoms with Crippen LogP contribution in [0, 0.1) is 5.92 Å². The lowest BCUT2D eigenvalue weighted by Crippen LogP contribution is -2.29. The molecule has 0 bridgehead atoms. The van der Waals surface area contributed by atoms with Crippen molar-refractivity contribution in [3.8, 4) is 0 Å². The molecule has 0 aliphatic carbocycles. The molecule has 0 radical (unpaired) electrons. The largest absolute Gasteiger partial charge is 0.314 e. The van der Waals surface area contributed by atoms with Crippen molar-refractivity contribution in [2.45, 2.75) is 25.8 Å². The number of hydrogen-bond donors (Lipinski definition) is 1. The Bertz CT molecular complexity index is 79.0. The van der Waals surface area contributed by atoms with Crippen LogP contribution in [0.25, 0.3) is 0 Å². The number of halogens is 1. The van der Waals surface area contributed by atoms with Crippen molar-refractivity contribution in [1.82, 2.24) is 5.32 Å².